The maximum absolute atomic E-state index is 5.68. The zero-order chi connectivity index (χ0) is 10.8. The number of rotatable bonds is 2. The van der Waals surface area contributed by atoms with Crippen LogP contribution in [0.25, 0.3) is 10.4 Å². The number of nitrogens with zero attached hydrogens (tertiary/aromatic N) is 1. The number of aromatic nitrogens is 1. The third kappa shape index (κ3) is 2.02. The standard InChI is InChI=1S/C12H14N2S/c1-3-9-4-6-10(7-5-9)11-8(2)14-12(13)15-11/h4-7H,3H2,1-2H3,(H2,13,14). The molecule has 78 valence electrons. The molecule has 0 aliphatic rings. The summed E-state index contributed by atoms with van der Waals surface area (Å²) in [6, 6.07) is 8.59. The highest BCUT2D eigenvalue weighted by Gasteiger charge is 2.07. The highest BCUT2D eigenvalue weighted by molar-refractivity contribution is 7.18. The minimum atomic E-state index is 0.641. The van der Waals surface area contributed by atoms with Crippen LogP contribution in [0.3, 0.4) is 0 Å². The Balaban J connectivity index is 2.41. The van der Waals surface area contributed by atoms with Gasteiger partial charge >= 0.3 is 0 Å². The van der Waals surface area contributed by atoms with E-state index < -0.39 is 0 Å². The van der Waals surface area contributed by atoms with E-state index in [0.717, 1.165) is 12.1 Å². The van der Waals surface area contributed by atoms with Crippen molar-refractivity contribution in [1.82, 2.24) is 4.98 Å². The Bertz CT molecular complexity index is 457. The molecule has 1 aromatic carbocycles. The summed E-state index contributed by atoms with van der Waals surface area (Å²) in [5, 5.41) is 0.641. The average Bonchev–Trinajstić information content (AvgIpc) is 2.58. The third-order valence-electron chi connectivity index (χ3n) is 2.44. The van der Waals surface area contributed by atoms with Crippen LogP contribution in [0.4, 0.5) is 5.13 Å². The highest BCUT2D eigenvalue weighted by Crippen LogP contribution is 2.31. The van der Waals surface area contributed by atoms with Crippen LogP contribution in [-0.2, 0) is 6.42 Å². The predicted octanol–water partition coefficient (Wildman–Crippen LogP) is 3.26. The fourth-order valence-corrected chi connectivity index (χ4v) is 2.42. The quantitative estimate of drug-likeness (QED) is 0.840. The average molecular weight is 218 g/mol. The maximum atomic E-state index is 5.68. The first kappa shape index (κ1) is 10.2. The first-order chi connectivity index (χ1) is 7.20. The fourth-order valence-electron chi connectivity index (χ4n) is 1.58. The van der Waals surface area contributed by atoms with Crippen molar-refractivity contribution in [1.29, 1.82) is 0 Å². The molecule has 0 amide bonds. The Morgan fingerprint density at radius 2 is 1.93 bits per heavy atom. The van der Waals surface area contributed by atoms with E-state index in [1.807, 2.05) is 6.92 Å². The van der Waals surface area contributed by atoms with E-state index in [9.17, 15) is 0 Å². The van der Waals surface area contributed by atoms with Gasteiger partial charge in [-0.2, -0.15) is 0 Å². The van der Waals surface area contributed by atoms with E-state index in [1.165, 1.54) is 16.0 Å². The SMILES string of the molecule is CCc1ccc(-c2sc(N)nc2C)cc1. The zero-order valence-corrected chi connectivity index (χ0v) is 9.77. The minimum Gasteiger partial charge on any atom is -0.375 e. The van der Waals surface area contributed by atoms with Gasteiger partial charge in [-0.1, -0.05) is 42.5 Å². The van der Waals surface area contributed by atoms with Gasteiger partial charge in [0.2, 0.25) is 0 Å². The molecule has 0 spiro atoms. The minimum absolute atomic E-state index is 0.641. The first-order valence-corrected chi connectivity index (χ1v) is 5.84. The van der Waals surface area contributed by atoms with E-state index >= 15 is 0 Å². The van der Waals surface area contributed by atoms with Crippen molar-refractivity contribution in [3.63, 3.8) is 0 Å². The number of anilines is 1. The maximum Gasteiger partial charge on any atom is 0.180 e. The topological polar surface area (TPSA) is 38.9 Å². The molecular formula is C12H14N2S. The van der Waals surface area contributed by atoms with Crippen molar-refractivity contribution in [2.24, 2.45) is 0 Å². The first-order valence-electron chi connectivity index (χ1n) is 5.03. The summed E-state index contributed by atoms with van der Waals surface area (Å²) in [7, 11) is 0. The molecule has 0 aliphatic carbocycles. The van der Waals surface area contributed by atoms with Gasteiger partial charge in [-0.25, -0.2) is 4.98 Å². The largest absolute Gasteiger partial charge is 0.375 e. The third-order valence-corrected chi connectivity index (χ3v) is 3.47. The summed E-state index contributed by atoms with van der Waals surface area (Å²) in [6.45, 7) is 4.15. The highest BCUT2D eigenvalue weighted by atomic mass is 32.1. The summed E-state index contributed by atoms with van der Waals surface area (Å²) in [6.07, 6.45) is 1.07. The Labute approximate surface area is 93.8 Å². The van der Waals surface area contributed by atoms with Crippen molar-refractivity contribution in [3.8, 4) is 10.4 Å². The lowest BCUT2D eigenvalue weighted by Crippen LogP contribution is -1.82. The van der Waals surface area contributed by atoms with E-state index in [-0.39, 0.29) is 0 Å². The van der Waals surface area contributed by atoms with E-state index in [0.29, 0.717) is 5.13 Å². The zero-order valence-electron chi connectivity index (χ0n) is 8.95. The molecule has 2 rings (SSSR count). The number of thiazole rings is 1. The molecule has 0 saturated carbocycles. The molecule has 3 heteroatoms. The summed E-state index contributed by atoms with van der Waals surface area (Å²) in [5.74, 6) is 0. The van der Waals surface area contributed by atoms with Gasteiger partial charge in [-0.05, 0) is 24.5 Å². The van der Waals surface area contributed by atoms with Gasteiger partial charge < -0.3 is 5.73 Å². The van der Waals surface area contributed by atoms with Gasteiger partial charge in [0.15, 0.2) is 5.13 Å². The Kier molecular flexibility index (Phi) is 2.73. The van der Waals surface area contributed by atoms with E-state index in [4.69, 9.17) is 5.73 Å². The molecule has 0 saturated heterocycles. The fraction of sp³-hybridized carbons (Fsp3) is 0.250. The lowest BCUT2D eigenvalue weighted by molar-refractivity contribution is 1.14. The van der Waals surface area contributed by atoms with E-state index in [1.54, 1.807) is 11.3 Å². The Morgan fingerprint density at radius 1 is 1.27 bits per heavy atom. The summed E-state index contributed by atoms with van der Waals surface area (Å²) in [4.78, 5) is 5.40. The number of hydrogen-bond acceptors (Lipinski definition) is 3. The number of benzene rings is 1. The number of aryl methyl sites for hydroxylation is 2. The molecule has 2 nitrogen and oxygen atoms in total. The molecule has 0 radical (unpaired) electrons. The molecule has 0 bridgehead atoms. The second-order valence-corrected chi connectivity index (χ2v) is 4.55. The van der Waals surface area contributed by atoms with Gasteiger partial charge in [-0.15, -0.1) is 0 Å². The number of nitrogen functional groups attached to an aromatic ring is 1. The second-order valence-electron chi connectivity index (χ2n) is 3.52. The molecule has 2 aromatic rings. The van der Waals surface area contributed by atoms with Crippen molar-refractivity contribution in [2.45, 2.75) is 20.3 Å². The molecule has 2 N–H and O–H groups in total. The lowest BCUT2D eigenvalue weighted by atomic mass is 10.1. The molecular weight excluding hydrogens is 204 g/mol. The summed E-state index contributed by atoms with van der Waals surface area (Å²) < 4.78 is 0. The smallest absolute Gasteiger partial charge is 0.180 e. The summed E-state index contributed by atoms with van der Waals surface area (Å²) >= 11 is 1.55. The van der Waals surface area contributed by atoms with Crippen LogP contribution in [0.2, 0.25) is 0 Å². The van der Waals surface area contributed by atoms with Crippen LogP contribution in [0.1, 0.15) is 18.2 Å². The van der Waals surface area contributed by atoms with Crippen LogP contribution >= 0.6 is 11.3 Å². The number of hydrogen-bond donors (Lipinski definition) is 1. The van der Waals surface area contributed by atoms with Crippen LogP contribution in [0.5, 0.6) is 0 Å². The molecule has 0 unspecified atom stereocenters. The Hall–Kier alpha value is -1.35. The van der Waals surface area contributed by atoms with Gasteiger partial charge in [0.05, 0.1) is 10.6 Å². The Morgan fingerprint density at radius 3 is 2.40 bits per heavy atom. The second kappa shape index (κ2) is 4.03. The predicted molar refractivity (Wildman–Crippen MR) is 66.1 cm³/mol. The van der Waals surface area contributed by atoms with Crippen LogP contribution < -0.4 is 5.73 Å². The molecule has 0 fully saturated rings. The van der Waals surface area contributed by atoms with Gasteiger partial charge in [-0.3, -0.25) is 0 Å². The van der Waals surface area contributed by atoms with Crippen molar-refractivity contribution in [3.05, 3.63) is 35.5 Å². The molecule has 1 aromatic heterocycles. The van der Waals surface area contributed by atoms with Gasteiger partial charge in [0.1, 0.15) is 0 Å². The van der Waals surface area contributed by atoms with Crippen LogP contribution in [-0.4, -0.2) is 4.98 Å². The van der Waals surface area contributed by atoms with Crippen molar-refractivity contribution < 1.29 is 0 Å². The monoisotopic (exact) mass is 218 g/mol. The normalized spacial score (nSPS) is 10.5. The summed E-state index contributed by atoms with van der Waals surface area (Å²) in [5.41, 5.74) is 9.26. The van der Waals surface area contributed by atoms with Crippen LogP contribution in [0.15, 0.2) is 24.3 Å². The van der Waals surface area contributed by atoms with E-state index in [2.05, 4.69) is 36.2 Å². The number of nitrogens with two attached hydrogens (primary N) is 1. The molecule has 0 atom stereocenters. The molecule has 0 aliphatic heterocycles. The van der Waals surface area contributed by atoms with Crippen molar-refractivity contribution >= 4 is 16.5 Å². The van der Waals surface area contributed by atoms with Gasteiger partial charge in [0, 0.05) is 0 Å². The van der Waals surface area contributed by atoms with Gasteiger partial charge in [0.25, 0.3) is 0 Å². The molecule has 15 heavy (non-hydrogen) atoms. The molecule has 1 heterocycles. The lowest BCUT2D eigenvalue weighted by Gasteiger charge is -2.00. The van der Waals surface area contributed by atoms with Crippen molar-refractivity contribution in [2.75, 3.05) is 5.73 Å². The van der Waals surface area contributed by atoms with Crippen LogP contribution in [0, 0.1) is 6.92 Å².